The Balaban J connectivity index is 2.55. The van der Waals surface area contributed by atoms with E-state index in [2.05, 4.69) is 20.3 Å². The summed E-state index contributed by atoms with van der Waals surface area (Å²) in [7, 11) is 1.34. The summed E-state index contributed by atoms with van der Waals surface area (Å²) >= 11 is 0. The van der Waals surface area contributed by atoms with Crippen molar-refractivity contribution in [2.24, 2.45) is 0 Å². The van der Waals surface area contributed by atoms with Gasteiger partial charge in [-0.25, -0.2) is 4.79 Å². The Morgan fingerprint density at radius 2 is 2.46 bits per heavy atom. The van der Waals surface area contributed by atoms with E-state index in [1.807, 2.05) is 0 Å². The van der Waals surface area contributed by atoms with Crippen LogP contribution in [0.4, 0.5) is 5.82 Å². The van der Waals surface area contributed by atoms with Gasteiger partial charge < -0.3 is 10.1 Å². The van der Waals surface area contributed by atoms with E-state index < -0.39 is 6.04 Å². The summed E-state index contributed by atoms with van der Waals surface area (Å²) in [4.78, 5) is 11.0. The van der Waals surface area contributed by atoms with Crippen molar-refractivity contribution < 1.29 is 9.53 Å². The summed E-state index contributed by atoms with van der Waals surface area (Å²) in [5.41, 5.74) is 0. The van der Waals surface area contributed by atoms with Crippen molar-refractivity contribution in [2.45, 2.75) is 13.0 Å². The second-order valence-electron chi connectivity index (χ2n) is 2.50. The normalized spacial score (nSPS) is 11.8. The molecule has 0 bridgehead atoms. The maximum atomic E-state index is 11.0. The number of anilines is 1. The van der Waals surface area contributed by atoms with Crippen molar-refractivity contribution in [1.29, 1.82) is 0 Å². The van der Waals surface area contributed by atoms with Crippen LogP contribution in [0.1, 0.15) is 6.92 Å². The number of ether oxygens (including phenoxy) is 1. The summed E-state index contributed by atoms with van der Waals surface area (Å²) < 4.78 is 4.53. The van der Waals surface area contributed by atoms with Crippen molar-refractivity contribution in [1.82, 2.24) is 10.2 Å². The van der Waals surface area contributed by atoms with Crippen LogP contribution < -0.4 is 5.32 Å². The van der Waals surface area contributed by atoms with Gasteiger partial charge in [0.2, 0.25) is 0 Å². The third kappa shape index (κ3) is 2.70. The zero-order chi connectivity index (χ0) is 9.68. The minimum atomic E-state index is -0.415. The minimum absolute atomic E-state index is 0.328. The van der Waals surface area contributed by atoms with Crippen molar-refractivity contribution in [3.8, 4) is 0 Å². The van der Waals surface area contributed by atoms with Crippen molar-refractivity contribution in [2.75, 3.05) is 12.4 Å². The number of aromatic nitrogens is 2. The minimum Gasteiger partial charge on any atom is -0.467 e. The molecule has 0 fully saturated rings. The van der Waals surface area contributed by atoms with Gasteiger partial charge in [-0.15, -0.1) is 5.10 Å². The van der Waals surface area contributed by atoms with E-state index >= 15 is 0 Å². The second kappa shape index (κ2) is 4.39. The Hall–Kier alpha value is -1.65. The molecule has 13 heavy (non-hydrogen) atoms. The van der Waals surface area contributed by atoms with Gasteiger partial charge in [0.15, 0.2) is 0 Å². The number of nitrogens with one attached hydrogen (secondary N) is 1. The SMILES string of the molecule is COC(=O)C(C)Nc1cccnn1. The molecule has 0 aromatic carbocycles. The molecule has 1 rings (SSSR count). The lowest BCUT2D eigenvalue weighted by molar-refractivity contribution is -0.141. The molecule has 0 radical (unpaired) electrons. The van der Waals surface area contributed by atoms with E-state index in [0.29, 0.717) is 5.82 Å². The quantitative estimate of drug-likeness (QED) is 0.686. The van der Waals surface area contributed by atoms with Gasteiger partial charge in [0.1, 0.15) is 11.9 Å². The molecule has 1 N–H and O–H groups in total. The van der Waals surface area contributed by atoms with Crippen LogP contribution in [0.2, 0.25) is 0 Å². The summed E-state index contributed by atoms with van der Waals surface area (Å²) in [5, 5.41) is 10.3. The first-order valence-electron chi connectivity index (χ1n) is 3.86. The van der Waals surface area contributed by atoms with Gasteiger partial charge in [-0.2, -0.15) is 5.10 Å². The molecule has 1 atom stereocenters. The van der Waals surface area contributed by atoms with Crippen LogP contribution >= 0.6 is 0 Å². The van der Waals surface area contributed by atoms with E-state index in [1.54, 1.807) is 25.3 Å². The van der Waals surface area contributed by atoms with Gasteiger partial charge in [0.05, 0.1) is 7.11 Å². The van der Waals surface area contributed by atoms with E-state index in [9.17, 15) is 4.79 Å². The standard InChI is InChI=1S/C8H11N3O2/c1-6(8(12)13-2)10-7-4-3-5-9-11-7/h3-6H,1-2H3,(H,10,11). The number of carbonyl (C=O) groups excluding carboxylic acids is 1. The number of methoxy groups -OCH3 is 1. The maximum Gasteiger partial charge on any atom is 0.328 e. The van der Waals surface area contributed by atoms with E-state index in [0.717, 1.165) is 0 Å². The lowest BCUT2D eigenvalue weighted by atomic mass is 10.3. The van der Waals surface area contributed by atoms with Crippen LogP contribution in [-0.2, 0) is 9.53 Å². The highest BCUT2D eigenvalue weighted by molar-refractivity contribution is 5.78. The van der Waals surface area contributed by atoms with Crippen LogP contribution in [-0.4, -0.2) is 29.3 Å². The third-order valence-electron chi connectivity index (χ3n) is 1.49. The molecular weight excluding hydrogens is 170 g/mol. The molecule has 0 saturated heterocycles. The molecule has 0 amide bonds. The third-order valence-corrected chi connectivity index (χ3v) is 1.49. The van der Waals surface area contributed by atoms with Gasteiger partial charge in [-0.05, 0) is 19.1 Å². The number of esters is 1. The Bertz CT molecular complexity index is 276. The predicted octanol–water partition coefficient (Wildman–Crippen LogP) is 0.450. The summed E-state index contributed by atoms with van der Waals surface area (Å²) in [5.74, 6) is 0.228. The molecule has 0 aliphatic rings. The fourth-order valence-electron chi connectivity index (χ4n) is 0.836. The topological polar surface area (TPSA) is 64.1 Å². The molecule has 1 aromatic rings. The molecule has 1 heterocycles. The Morgan fingerprint density at radius 3 is 3.00 bits per heavy atom. The number of hydrogen-bond donors (Lipinski definition) is 1. The Kier molecular flexibility index (Phi) is 3.19. The van der Waals surface area contributed by atoms with Crippen LogP contribution in [0, 0.1) is 0 Å². The first kappa shape index (κ1) is 9.44. The lowest BCUT2D eigenvalue weighted by Gasteiger charge is -2.10. The van der Waals surface area contributed by atoms with Gasteiger partial charge in [0, 0.05) is 6.20 Å². The summed E-state index contributed by atoms with van der Waals surface area (Å²) in [6, 6.07) is 3.05. The Morgan fingerprint density at radius 1 is 1.69 bits per heavy atom. The molecule has 0 aliphatic carbocycles. The highest BCUT2D eigenvalue weighted by Gasteiger charge is 2.12. The highest BCUT2D eigenvalue weighted by Crippen LogP contribution is 2.01. The zero-order valence-electron chi connectivity index (χ0n) is 7.52. The van der Waals surface area contributed by atoms with Crippen molar-refractivity contribution in [3.05, 3.63) is 18.3 Å². The molecule has 1 unspecified atom stereocenters. The van der Waals surface area contributed by atoms with E-state index in [-0.39, 0.29) is 5.97 Å². The van der Waals surface area contributed by atoms with Gasteiger partial charge in [0.25, 0.3) is 0 Å². The number of hydrogen-bond acceptors (Lipinski definition) is 5. The average molecular weight is 181 g/mol. The van der Waals surface area contributed by atoms with E-state index in [1.165, 1.54) is 7.11 Å². The van der Waals surface area contributed by atoms with E-state index in [4.69, 9.17) is 0 Å². The molecule has 70 valence electrons. The summed E-state index contributed by atoms with van der Waals surface area (Å²) in [6.45, 7) is 1.69. The van der Waals surface area contributed by atoms with Crippen molar-refractivity contribution >= 4 is 11.8 Å². The molecule has 5 nitrogen and oxygen atoms in total. The smallest absolute Gasteiger partial charge is 0.328 e. The number of nitrogens with zero attached hydrogens (tertiary/aromatic N) is 2. The molecular formula is C8H11N3O2. The van der Waals surface area contributed by atoms with Crippen LogP contribution in [0.15, 0.2) is 18.3 Å². The predicted molar refractivity (Wildman–Crippen MR) is 47.1 cm³/mol. The first-order chi connectivity index (χ1) is 6.24. The lowest BCUT2D eigenvalue weighted by Crippen LogP contribution is -2.27. The fraction of sp³-hybridized carbons (Fsp3) is 0.375. The fourth-order valence-corrected chi connectivity index (χ4v) is 0.836. The van der Waals surface area contributed by atoms with Crippen LogP contribution in [0.25, 0.3) is 0 Å². The molecule has 0 saturated carbocycles. The largest absolute Gasteiger partial charge is 0.467 e. The average Bonchev–Trinajstić information content (AvgIpc) is 2.18. The zero-order valence-corrected chi connectivity index (χ0v) is 7.52. The van der Waals surface area contributed by atoms with Gasteiger partial charge in [-0.1, -0.05) is 0 Å². The Labute approximate surface area is 76.1 Å². The van der Waals surface area contributed by atoms with Crippen LogP contribution in [0.3, 0.4) is 0 Å². The highest BCUT2D eigenvalue weighted by atomic mass is 16.5. The molecule has 1 aromatic heterocycles. The summed E-state index contributed by atoms with van der Waals surface area (Å²) in [6.07, 6.45) is 1.56. The molecule has 5 heteroatoms. The van der Waals surface area contributed by atoms with Crippen molar-refractivity contribution in [3.63, 3.8) is 0 Å². The van der Waals surface area contributed by atoms with Gasteiger partial charge in [-0.3, -0.25) is 0 Å². The number of carbonyl (C=O) groups is 1. The second-order valence-corrected chi connectivity index (χ2v) is 2.50. The monoisotopic (exact) mass is 181 g/mol. The van der Waals surface area contributed by atoms with Crippen LogP contribution in [0.5, 0.6) is 0 Å². The molecule has 0 aliphatic heterocycles. The number of rotatable bonds is 3. The molecule has 0 spiro atoms. The van der Waals surface area contributed by atoms with Gasteiger partial charge >= 0.3 is 5.97 Å². The first-order valence-corrected chi connectivity index (χ1v) is 3.86. The maximum absolute atomic E-state index is 11.0.